The molecule has 0 spiro atoms. The van der Waals surface area contributed by atoms with Gasteiger partial charge < -0.3 is 20.1 Å². The van der Waals surface area contributed by atoms with Gasteiger partial charge >= 0.3 is 0 Å². The lowest BCUT2D eigenvalue weighted by Crippen LogP contribution is -2.45. The largest absolute Gasteiger partial charge is 0.490 e. The van der Waals surface area contributed by atoms with Gasteiger partial charge in [0.2, 0.25) is 0 Å². The number of nitrogen functional groups attached to an aromatic ring is 1. The third-order valence-corrected chi connectivity index (χ3v) is 3.47. The van der Waals surface area contributed by atoms with Crippen LogP contribution in [0.25, 0.3) is 0 Å². The van der Waals surface area contributed by atoms with E-state index in [-0.39, 0.29) is 12.2 Å². The van der Waals surface area contributed by atoms with E-state index >= 15 is 0 Å². The monoisotopic (exact) mass is 243 g/mol. The first-order valence-electron chi connectivity index (χ1n) is 5.31. The van der Waals surface area contributed by atoms with Gasteiger partial charge in [0.05, 0.1) is 19.3 Å². The van der Waals surface area contributed by atoms with Crippen molar-refractivity contribution in [2.24, 2.45) is 0 Å². The van der Waals surface area contributed by atoms with Gasteiger partial charge in [-0.3, -0.25) is 0 Å². The zero-order valence-corrected chi connectivity index (χ0v) is 10.6. The van der Waals surface area contributed by atoms with Crippen LogP contribution in [0.4, 0.5) is 10.8 Å². The van der Waals surface area contributed by atoms with Crippen LogP contribution in [0.15, 0.2) is 0 Å². The van der Waals surface area contributed by atoms with Crippen molar-refractivity contribution in [3.05, 3.63) is 0 Å². The zero-order valence-electron chi connectivity index (χ0n) is 9.77. The highest BCUT2D eigenvalue weighted by Crippen LogP contribution is 2.38. The average Bonchev–Trinajstić information content (AvgIpc) is 2.58. The standard InChI is InChI=1S/C10H17N3O2S/c1-6-4-13(5-7(2)15-6)10-8(14-3)9(11)12-16-10/h6-7H,4-5H2,1-3H3,(H2,11,12). The Morgan fingerprint density at radius 1 is 1.44 bits per heavy atom. The van der Waals surface area contributed by atoms with Crippen LogP contribution in [0, 0.1) is 0 Å². The Bertz CT molecular complexity index is 359. The molecule has 1 aliphatic rings. The van der Waals surface area contributed by atoms with Crippen molar-refractivity contribution in [3.63, 3.8) is 0 Å². The molecule has 1 saturated heterocycles. The summed E-state index contributed by atoms with van der Waals surface area (Å²) in [6.45, 7) is 5.84. The molecule has 0 radical (unpaired) electrons. The molecular formula is C10H17N3O2S. The number of methoxy groups -OCH3 is 1. The van der Waals surface area contributed by atoms with E-state index in [2.05, 4.69) is 23.1 Å². The summed E-state index contributed by atoms with van der Waals surface area (Å²) in [5.74, 6) is 1.15. The molecule has 0 saturated carbocycles. The molecular weight excluding hydrogens is 226 g/mol. The zero-order chi connectivity index (χ0) is 11.7. The Morgan fingerprint density at radius 3 is 2.62 bits per heavy atom. The van der Waals surface area contributed by atoms with Crippen LogP contribution in [0.1, 0.15) is 13.8 Å². The summed E-state index contributed by atoms with van der Waals surface area (Å²) in [7, 11) is 1.62. The molecule has 0 aliphatic carbocycles. The number of hydrogen-bond acceptors (Lipinski definition) is 6. The summed E-state index contributed by atoms with van der Waals surface area (Å²) in [6, 6.07) is 0. The van der Waals surface area contributed by atoms with Crippen molar-refractivity contribution in [1.29, 1.82) is 0 Å². The number of hydrogen-bond donors (Lipinski definition) is 1. The number of ether oxygens (including phenoxy) is 2. The van der Waals surface area contributed by atoms with Crippen molar-refractivity contribution < 1.29 is 9.47 Å². The van der Waals surface area contributed by atoms with E-state index in [0.29, 0.717) is 11.6 Å². The molecule has 0 aromatic carbocycles. The minimum absolute atomic E-state index is 0.219. The lowest BCUT2D eigenvalue weighted by molar-refractivity contribution is -0.00510. The molecule has 1 aliphatic heterocycles. The molecule has 0 amide bonds. The highest BCUT2D eigenvalue weighted by molar-refractivity contribution is 7.11. The second-order valence-corrected chi connectivity index (χ2v) is 4.82. The van der Waals surface area contributed by atoms with Crippen molar-refractivity contribution in [1.82, 2.24) is 4.37 Å². The molecule has 1 fully saturated rings. The van der Waals surface area contributed by atoms with Crippen LogP contribution in [-0.4, -0.2) is 36.8 Å². The van der Waals surface area contributed by atoms with Crippen molar-refractivity contribution in [2.45, 2.75) is 26.1 Å². The van der Waals surface area contributed by atoms with E-state index in [0.717, 1.165) is 18.1 Å². The number of rotatable bonds is 2. The maximum absolute atomic E-state index is 5.74. The van der Waals surface area contributed by atoms with Gasteiger partial charge in [0.25, 0.3) is 0 Å². The van der Waals surface area contributed by atoms with Crippen LogP contribution < -0.4 is 15.4 Å². The fourth-order valence-electron chi connectivity index (χ4n) is 2.02. The van der Waals surface area contributed by atoms with E-state index in [1.165, 1.54) is 11.5 Å². The Kier molecular flexibility index (Phi) is 3.20. The highest BCUT2D eigenvalue weighted by atomic mass is 32.1. The Hall–Kier alpha value is -1.01. The first-order valence-corrected chi connectivity index (χ1v) is 6.08. The maximum Gasteiger partial charge on any atom is 0.197 e. The number of nitrogens with two attached hydrogens (primary N) is 1. The lowest BCUT2D eigenvalue weighted by Gasteiger charge is -2.35. The molecule has 1 aromatic heterocycles. The second-order valence-electron chi connectivity index (χ2n) is 4.07. The Labute approximate surface area is 99.3 Å². The van der Waals surface area contributed by atoms with Gasteiger partial charge in [0.1, 0.15) is 0 Å². The molecule has 90 valence electrons. The molecule has 1 aromatic rings. The van der Waals surface area contributed by atoms with Crippen LogP contribution in [0.5, 0.6) is 5.75 Å². The number of anilines is 2. The summed E-state index contributed by atoms with van der Waals surface area (Å²) in [5.41, 5.74) is 5.74. The van der Waals surface area contributed by atoms with Gasteiger partial charge in [-0.15, -0.1) is 0 Å². The minimum Gasteiger partial charge on any atom is -0.490 e. The van der Waals surface area contributed by atoms with E-state index in [1.54, 1.807) is 7.11 Å². The van der Waals surface area contributed by atoms with Gasteiger partial charge in [-0.2, -0.15) is 4.37 Å². The summed E-state index contributed by atoms with van der Waals surface area (Å²) in [6.07, 6.45) is 0.438. The first-order chi connectivity index (χ1) is 7.61. The topological polar surface area (TPSA) is 60.6 Å². The van der Waals surface area contributed by atoms with Crippen LogP contribution in [-0.2, 0) is 4.74 Å². The summed E-state index contributed by atoms with van der Waals surface area (Å²) < 4.78 is 15.1. The molecule has 16 heavy (non-hydrogen) atoms. The van der Waals surface area contributed by atoms with Crippen LogP contribution in [0.3, 0.4) is 0 Å². The molecule has 5 nitrogen and oxygen atoms in total. The fraction of sp³-hybridized carbons (Fsp3) is 0.700. The van der Waals surface area contributed by atoms with Crippen LogP contribution in [0.2, 0.25) is 0 Å². The second kappa shape index (κ2) is 4.47. The summed E-state index contributed by atoms with van der Waals surface area (Å²) in [4.78, 5) is 2.23. The summed E-state index contributed by atoms with van der Waals surface area (Å²) >= 11 is 1.38. The van der Waals surface area contributed by atoms with Crippen LogP contribution >= 0.6 is 11.5 Å². The first kappa shape index (κ1) is 11.5. The SMILES string of the molecule is COc1c(N)nsc1N1CC(C)OC(C)C1. The molecule has 6 heteroatoms. The predicted molar refractivity (Wildman–Crippen MR) is 65.3 cm³/mol. The van der Waals surface area contributed by atoms with Crippen molar-refractivity contribution >= 4 is 22.4 Å². The van der Waals surface area contributed by atoms with Gasteiger partial charge in [0.15, 0.2) is 16.6 Å². The minimum atomic E-state index is 0.219. The number of aromatic nitrogens is 1. The van der Waals surface area contributed by atoms with Gasteiger partial charge in [-0.05, 0) is 25.4 Å². The third-order valence-electron chi connectivity index (χ3n) is 2.57. The molecule has 2 rings (SSSR count). The van der Waals surface area contributed by atoms with Gasteiger partial charge in [-0.25, -0.2) is 0 Å². The quantitative estimate of drug-likeness (QED) is 0.849. The molecule has 2 unspecified atom stereocenters. The lowest BCUT2D eigenvalue weighted by atomic mass is 10.2. The number of nitrogens with zero attached hydrogens (tertiary/aromatic N) is 2. The van der Waals surface area contributed by atoms with E-state index in [1.807, 2.05) is 0 Å². The Balaban J connectivity index is 2.22. The normalized spacial score (nSPS) is 25.8. The number of morpholine rings is 1. The maximum atomic E-state index is 5.74. The van der Waals surface area contributed by atoms with Crippen molar-refractivity contribution in [2.75, 3.05) is 30.8 Å². The molecule has 0 bridgehead atoms. The third kappa shape index (κ3) is 2.08. The van der Waals surface area contributed by atoms with Gasteiger partial charge in [0, 0.05) is 13.1 Å². The molecule has 2 N–H and O–H groups in total. The molecule has 2 heterocycles. The molecule has 2 atom stereocenters. The predicted octanol–water partition coefficient (Wildman–Crippen LogP) is 1.35. The van der Waals surface area contributed by atoms with E-state index < -0.39 is 0 Å². The fourth-order valence-corrected chi connectivity index (χ4v) is 2.82. The van der Waals surface area contributed by atoms with Gasteiger partial charge in [-0.1, -0.05) is 0 Å². The van der Waals surface area contributed by atoms with E-state index in [9.17, 15) is 0 Å². The van der Waals surface area contributed by atoms with Crippen molar-refractivity contribution in [3.8, 4) is 5.75 Å². The average molecular weight is 243 g/mol. The Morgan fingerprint density at radius 2 is 2.06 bits per heavy atom. The highest BCUT2D eigenvalue weighted by Gasteiger charge is 2.26. The van der Waals surface area contributed by atoms with E-state index in [4.69, 9.17) is 15.2 Å². The smallest absolute Gasteiger partial charge is 0.197 e. The summed E-state index contributed by atoms with van der Waals surface area (Å²) in [5, 5.41) is 1.00.